The van der Waals surface area contributed by atoms with Gasteiger partial charge in [0.15, 0.2) is 0 Å². The van der Waals surface area contributed by atoms with Gasteiger partial charge < -0.3 is 5.21 Å². The first-order valence-electron chi connectivity index (χ1n) is 1.36. The molecule has 4 heteroatoms. The van der Waals surface area contributed by atoms with E-state index >= 15 is 0 Å². The number of hydroxylamine groups is 1. The highest BCUT2D eigenvalue weighted by Gasteiger charge is 1.91. The molecule has 0 bridgehead atoms. The summed E-state index contributed by atoms with van der Waals surface area (Å²) >= 11 is 0. The minimum absolute atomic E-state index is 0.750. The lowest BCUT2D eigenvalue weighted by Gasteiger charge is -1.43. The fourth-order valence-electron chi connectivity index (χ4n) is 0. The molecule has 0 saturated carbocycles. The summed E-state index contributed by atoms with van der Waals surface area (Å²) in [5.74, 6) is 0. The van der Waals surface area contributed by atoms with Crippen molar-refractivity contribution >= 4 is 6.72 Å². The summed E-state index contributed by atoms with van der Waals surface area (Å²) in [4.78, 5) is 4.25. The van der Waals surface area contributed by atoms with Crippen molar-refractivity contribution in [2.75, 3.05) is 6.73 Å². The highest BCUT2D eigenvalue weighted by molar-refractivity contribution is 5.20. The minimum atomic E-state index is 0.750. The third-order valence-corrected chi connectivity index (χ3v) is 0.144. The molecule has 0 aromatic heterocycles. The van der Waals surface area contributed by atoms with E-state index < -0.39 is 0 Å². The molecule has 0 aromatic carbocycles. The second kappa shape index (κ2) is 4.39. The van der Waals surface area contributed by atoms with E-state index in [9.17, 15) is 0 Å². The van der Waals surface area contributed by atoms with E-state index in [1.807, 2.05) is 0 Å². The number of nitrogens with one attached hydrogen (secondary N) is 1. The Bertz CT molecular complexity index is 33.8. The molecular formula is C2H6N2O2. The summed E-state index contributed by atoms with van der Waals surface area (Å²) in [7, 11) is 0. The number of oxime groups is 1. The van der Waals surface area contributed by atoms with Crippen LogP contribution in [0.15, 0.2) is 5.16 Å². The first kappa shape index (κ1) is 5.39. The Hall–Kier alpha value is -0.610. The van der Waals surface area contributed by atoms with Crippen LogP contribution in [-0.2, 0) is 4.84 Å². The number of rotatable bonds is 0. The molecule has 1 fully saturated rings. The Labute approximate surface area is 35.4 Å². The van der Waals surface area contributed by atoms with Crippen molar-refractivity contribution in [3.63, 3.8) is 0 Å². The van der Waals surface area contributed by atoms with E-state index in [0.29, 0.717) is 0 Å². The van der Waals surface area contributed by atoms with Crippen LogP contribution >= 0.6 is 0 Å². The summed E-state index contributed by atoms with van der Waals surface area (Å²) in [6.07, 6.45) is 0. The van der Waals surface area contributed by atoms with Crippen molar-refractivity contribution in [3.05, 3.63) is 0 Å². The van der Waals surface area contributed by atoms with Crippen molar-refractivity contribution in [1.82, 2.24) is 5.48 Å². The number of hydrogen-bond donors (Lipinski definition) is 2. The Balaban J connectivity index is 0.0000000833. The highest BCUT2D eigenvalue weighted by atomic mass is 16.8. The third kappa shape index (κ3) is 127. The van der Waals surface area contributed by atoms with Gasteiger partial charge in [0.05, 0.1) is 0 Å². The molecule has 0 unspecified atom stereocenters. The molecule has 1 rings (SSSR count). The van der Waals surface area contributed by atoms with Crippen molar-refractivity contribution in [1.29, 1.82) is 0 Å². The topological polar surface area (TPSA) is 67.1 Å². The average Bonchev–Trinajstić information content (AvgIpc) is 2.11. The Kier molecular flexibility index (Phi) is 3.94. The second-order valence-corrected chi connectivity index (χ2v) is 0.574. The zero-order valence-electron chi connectivity index (χ0n) is 3.22. The van der Waals surface area contributed by atoms with E-state index in [4.69, 9.17) is 5.21 Å². The average molecular weight is 90.1 g/mol. The molecule has 1 aliphatic heterocycles. The highest BCUT2D eigenvalue weighted by Crippen LogP contribution is 1.70. The molecule has 0 radical (unpaired) electrons. The maximum atomic E-state index is 7.08. The Morgan fingerprint density at radius 1 is 2.00 bits per heavy atom. The molecule has 2 N–H and O–H groups in total. The molecule has 1 aliphatic rings. The molecule has 0 spiro atoms. The fraction of sp³-hybridized carbons (Fsp3) is 0.500. The van der Waals surface area contributed by atoms with Gasteiger partial charge in [0.2, 0.25) is 0 Å². The molecule has 0 aliphatic carbocycles. The van der Waals surface area contributed by atoms with Crippen molar-refractivity contribution in [3.8, 4) is 0 Å². The van der Waals surface area contributed by atoms with Crippen LogP contribution in [0, 0.1) is 0 Å². The maximum Gasteiger partial charge on any atom is 0.141 e. The van der Waals surface area contributed by atoms with E-state index in [1.165, 1.54) is 0 Å². The van der Waals surface area contributed by atoms with Crippen LogP contribution in [0.5, 0.6) is 0 Å². The van der Waals surface area contributed by atoms with Crippen LogP contribution < -0.4 is 5.48 Å². The van der Waals surface area contributed by atoms with Crippen LogP contribution in [0.2, 0.25) is 0 Å². The van der Waals surface area contributed by atoms with Gasteiger partial charge in [-0.1, -0.05) is 0 Å². The smallest absolute Gasteiger partial charge is 0.141 e. The van der Waals surface area contributed by atoms with Crippen molar-refractivity contribution in [2.45, 2.75) is 0 Å². The third-order valence-electron chi connectivity index (χ3n) is 0.144. The van der Waals surface area contributed by atoms with E-state index in [0.717, 1.165) is 6.73 Å². The standard InChI is InChI=1S/2CH3NO/c1-2-3-1;1-2-3/h2H,1H2;3H,1H2. The zero-order chi connectivity index (χ0) is 4.83. The molecular weight excluding hydrogens is 84.0 g/mol. The van der Waals surface area contributed by atoms with Gasteiger partial charge in [-0.2, -0.15) is 5.48 Å². The van der Waals surface area contributed by atoms with E-state index in [2.05, 4.69) is 22.2 Å². The van der Waals surface area contributed by atoms with Crippen molar-refractivity contribution in [2.24, 2.45) is 5.16 Å². The van der Waals surface area contributed by atoms with Gasteiger partial charge in [-0.3, -0.25) is 4.84 Å². The summed E-state index contributed by atoms with van der Waals surface area (Å²) in [5, 5.41) is 9.33. The monoisotopic (exact) mass is 90.0 g/mol. The fourth-order valence-corrected chi connectivity index (χ4v) is 0. The lowest BCUT2D eigenvalue weighted by Crippen LogP contribution is -1.54. The zero-order valence-corrected chi connectivity index (χ0v) is 3.22. The van der Waals surface area contributed by atoms with Crippen LogP contribution in [0.25, 0.3) is 0 Å². The van der Waals surface area contributed by atoms with Crippen LogP contribution in [0.1, 0.15) is 0 Å². The lowest BCUT2D eigenvalue weighted by atomic mass is 11.5. The van der Waals surface area contributed by atoms with Crippen LogP contribution in [0.3, 0.4) is 0 Å². The molecule has 0 atom stereocenters. The summed E-state index contributed by atoms with van der Waals surface area (Å²) < 4.78 is 0. The van der Waals surface area contributed by atoms with Gasteiger partial charge in [-0.15, -0.1) is 5.16 Å². The quantitative estimate of drug-likeness (QED) is 0.183. The minimum Gasteiger partial charge on any atom is -0.411 e. The van der Waals surface area contributed by atoms with Crippen LogP contribution in [0.4, 0.5) is 0 Å². The first-order chi connectivity index (χ1) is 2.91. The normalized spacial score (nSPS) is 14.0. The Morgan fingerprint density at radius 2 is 2.17 bits per heavy atom. The lowest BCUT2D eigenvalue weighted by molar-refractivity contribution is 0.323. The molecule has 1 heterocycles. The summed E-state index contributed by atoms with van der Waals surface area (Å²) in [5.41, 5.74) is 2.50. The maximum absolute atomic E-state index is 7.08. The molecule has 0 amide bonds. The summed E-state index contributed by atoms with van der Waals surface area (Å²) in [6.45, 7) is 3.42. The molecule has 6 heavy (non-hydrogen) atoms. The molecule has 1 saturated heterocycles. The largest absolute Gasteiger partial charge is 0.411 e. The molecule has 4 nitrogen and oxygen atoms in total. The Morgan fingerprint density at radius 3 is 2.17 bits per heavy atom. The molecule has 0 aromatic rings. The SMILES string of the molecule is C1NO1.C=NO. The second-order valence-electron chi connectivity index (χ2n) is 0.574. The first-order valence-corrected chi connectivity index (χ1v) is 1.36. The number of hydrogen-bond acceptors (Lipinski definition) is 4. The molecule has 36 valence electrons. The van der Waals surface area contributed by atoms with E-state index in [-0.39, 0.29) is 0 Å². The van der Waals surface area contributed by atoms with Gasteiger partial charge in [-0.05, 0) is 0 Å². The predicted octanol–water partition coefficient (Wildman–Crippen LogP) is -0.445. The summed E-state index contributed by atoms with van der Waals surface area (Å²) in [6, 6.07) is 0. The van der Waals surface area contributed by atoms with Gasteiger partial charge in [0, 0.05) is 6.72 Å². The van der Waals surface area contributed by atoms with Gasteiger partial charge in [0.25, 0.3) is 0 Å². The van der Waals surface area contributed by atoms with E-state index in [1.54, 1.807) is 0 Å². The van der Waals surface area contributed by atoms with Crippen LogP contribution in [-0.4, -0.2) is 18.7 Å². The van der Waals surface area contributed by atoms with Gasteiger partial charge in [0.1, 0.15) is 6.73 Å². The number of nitrogens with zero attached hydrogens (tertiary/aromatic N) is 1. The van der Waals surface area contributed by atoms with Gasteiger partial charge in [-0.25, -0.2) is 0 Å². The predicted molar refractivity (Wildman–Crippen MR) is 20.4 cm³/mol. The van der Waals surface area contributed by atoms with Crippen molar-refractivity contribution < 1.29 is 10.0 Å². The van der Waals surface area contributed by atoms with Gasteiger partial charge >= 0.3 is 0 Å².